The zero-order valence-corrected chi connectivity index (χ0v) is 9.05. The highest BCUT2D eigenvalue weighted by Crippen LogP contribution is 2.30. The van der Waals surface area contributed by atoms with Gasteiger partial charge in [0.1, 0.15) is 5.82 Å². The Morgan fingerprint density at radius 3 is 2.53 bits per heavy atom. The third-order valence-corrected chi connectivity index (χ3v) is 2.83. The zero-order chi connectivity index (χ0) is 10.8. The molecule has 0 unspecified atom stereocenters. The third-order valence-electron chi connectivity index (χ3n) is 2.33. The highest BCUT2D eigenvalue weighted by Gasteiger charge is 2.05. The van der Waals surface area contributed by atoms with Crippen LogP contribution in [-0.4, -0.2) is 0 Å². The maximum Gasteiger partial charge on any atom is 0.123 e. The van der Waals surface area contributed by atoms with Gasteiger partial charge in [-0.15, -0.1) is 0 Å². The van der Waals surface area contributed by atoms with Crippen molar-refractivity contribution < 1.29 is 4.39 Å². The monoisotopic (exact) mass is 220 g/mol. The molecule has 0 saturated carbocycles. The van der Waals surface area contributed by atoms with Crippen molar-refractivity contribution in [3.63, 3.8) is 0 Å². The topological polar surface area (TPSA) is 0 Å². The maximum absolute atomic E-state index is 13.0. The van der Waals surface area contributed by atoms with Crippen LogP contribution in [0, 0.1) is 12.7 Å². The fourth-order valence-corrected chi connectivity index (χ4v) is 1.76. The fourth-order valence-electron chi connectivity index (χ4n) is 1.53. The Morgan fingerprint density at radius 2 is 1.80 bits per heavy atom. The Balaban J connectivity index is 2.59. The molecule has 0 aliphatic heterocycles. The average molecular weight is 221 g/mol. The Morgan fingerprint density at radius 1 is 1.07 bits per heavy atom. The first-order valence-electron chi connectivity index (χ1n) is 4.69. The van der Waals surface area contributed by atoms with Crippen molar-refractivity contribution in [2.45, 2.75) is 6.92 Å². The van der Waals surface area contributed by atoms with Gasteiger partial charge in [0.05, 0.1) is 5.02 Å². The van der Waals surface area contributed by atoms with Crippen molar-refractivity contribution in [1.29, 1.82) is 0 Å². The number of aryl methyl sites for hydroxylation is 1. The van der Waals surface area contributed by atoms with Crippen molar-refractivity contribution in [3.05, 3.63) is 58.9 Å². The lowest BCUT2D eigenvalue weighted by molar-refractivity contribution is 0.628. The van der Waals surface area contributed by atoms with E-state index in [4.69, 9.17) is 11.6 Å². The van der Waals surface area contributed by atoms with Crippen LogP contribution in [0.25, 0.3) is 11.1 Å². The molecule has 2 heteroatoms. The average Bonchev–Trinajstić information content (AvgIpc) is 2.22. The van der Waals surface area contributed by atoms with Gasteiger partial charge in [-0.25, -0.2) is 4.39 Å². The molecule has 0 aliphatic carbocycles. The summed E-state index contributed by atoms with van der Waals surface area (Å²) >= 11 is 6.16. The minimum absolute atomic E-state index is 0.245. The summed E-state index contributed by atoms with van der Waals surface area (Å²) in [5.74, 6) is -0.245. The molecule has 0 fully saturated rings. The number of rotatable bonds is 1. The van der Waals surface area contributed by atoms with Crippen LogP contribution in [0.2, 0.25) is 5.02 Å². The summed E-state index contributed by atoms with van der Waals surface area (Å²) in [4.78, 5) is 0. The molecule has 76 valence electrons. The van der Waals surface area contributed by atoms with Gasteiger partial charge in [-0.2, -0.15) is 0 Å². The molecule has 0 N–H and O–H groups in total. The second kappa shape index (κ2) is 4.03. The molecule has 0 aromatic heterocycles. The quantitative estimate of drug-likeness (QED) is 0.666. The van der Waals surface area contributed by atoms with Crippen LogP contribution in [0.1, 0.15) is 5.56 Å². The minimum atomic E-state index is -0.245. The van der Waals surface area contributed by atoms with E-state index in [9.17, 15) is 4.39 Å². The largest absolute Gasteiger partial charge is 0.207 e. The van der Waals surface area contributed by atoms with Crippen molar-refractivity contribution in [3.8, 4) is 11.1 Å². The molecule has 2 aromatic rings. The van der Waals surface area contributed by atoms with E-state index >= 15 is 0 Å². The Labute approximate surface area is 93.3 Å². The highest BCUT2D eigenvalue weighted by atomic mass is 35.5. The first-order valence-corrected chi connectivity index (χ1v) is 5.07. The first kappa shape index (κ1) is 10.2. The molecule has 0 heterocycles. The van der Waals surface area contributed by atoms with Crippen LogP contribution in [0.4, 0.5) is 4.39 Å². The fraction of sp³-hybridized carbons (Fsp3) is 0.0769. The van der Waals surface area contributed by atoms with Gasteiger partial charge in [0.25, 0.3) is 0 Å². The van der Waals surface area contributed by atoms with Crippen molar-refractivity contribution in [1.82, 2.24) is 0 Å². The molecular weight excluding hydrogens is 211 g/mol. The van der Waals surface area contributed by atoms with Gasteiger partial charge in [0.2, 0.25) is 0 Å². The van der Waals surface area contributed by atoms with E-state index < -0.39 is 0 Å². The minimum Gasteiger partial charge on any atom is -0.207 e. The molecular formula is C13H10ClF. The predicted molar refractivity (Wildman–Crippen MR) is 61.6 cm³/mol. The maximum atomic E-state index is 13.0. The summed E-state index contributed by atoms with van der Waals surface area (Å²) in [6.45, 7) is 1.94. The standard InChI is InChI=1S/C13H10ClF/c1-9-4-2-7-12(13(9)14)10-5-3-6-11(15)8-10/h2-8H,1H3. The van der Waals surface area contributed by atoms with Crippen LogP contribution in [0.15, 0.2) is 42.5 Å². The SMILES string of the molecule is Cc1cccc(-c2cccc(F)c2)c1Cl. The van der Waals surface area contributed by atoms with Gasteiger partial charge in [0, 0.05) is 5.56 Å². The Kier molecular flexibility index (Phi) is 2.74. The van der Waals surface area contributed by atoms with Crippen molar-refractivity contribution >= 4 is 11.6 Å². The summed E-state index contributed by atoms with van der Waals surface area (Å²) in [6, 6.07) is 12.2. The molecule has 0 bridgehead atoms. The summed E-state index contributed by atoms with van der Waals surface area (Å²) in [5.41, 5.74) is 2.68. The van der Waals surface area contributed by atoms with E-state index in [1.165, 1.54) is 12.1 Å². The van der Waals surface area contributed by atoms with Gasteiger partial charge in [-0.1, -0.05) is 41.9 Å². The zero-order valence-electron chi connectivity index (χ0n) is 8.30. The van der Waals surface area contributed by atoms with Crippen LogP contribution < -0.4 is 0 Å². The smallest absolute Gasteiger partial charge is 0.123 e. The molecule has 0 amide bonds. The molecule has 0 aliphatic rings. The molecule has 2 rings (SSSR count). The van der Waals surface area contributed by atoms with Crippen molar-refractivity contribution in [2.75, 3.05) is 0 Å². The number of benzene rings is 2. The first-order chi connectivity index (χ1) is 7.18. The second-order valence-corrected chi connectivity index (χ2v) is 3.82. The highest BCUT2D eigenvalue weighted by molar-refractivity contribution is 6.34. The molecule has 0 spiro atoms. The molecule has 0 nitrogen and oxygen atoms in total. The van der Waals surface area contributed by atoms with Crippen LogP contribution in [-0.2, 0) is 0 Å². The van der Waals surface area contributed by atoms with E-state index in [1.807, 2.05) is 31.2 Å². The third kappa shape index (κ3) is 2.02. The summed E-state index contributed by atoms with van der Waals surface area (Å²) in [5, 5.41) is 0.683. The Bertz CT molecular complexity index is 492. The van der Waals surface area contributed by atoms with Crippen LogP contribution >= 0.6 is 11.6 Å². The van der Waals surface area contributed by atoms with Crippen LogP contribution in [0.3, 0.4) is 0 Å². The van der Waals surface area contributed by atoms with Crippen LogP contribution in [0.5, 0.6) is 0 Å². The predicted octanol–water partition coefficient (Wildman–Crippen LogP) is 4.45. The Hall–Kier alpha value is -1.34. The molecule has 0 saturated heterocycles. The van der Waals surface area contributed by atoms with Gasteiger partial charge >= 0.3 is 0 Å². The lowest BCUT2D eigenvalue weighted by Gasteiger charge is -2.06. The van der Waals surface area contributed by atoms with Gasteiger partial charge in [0.15, 0.2) is 0 Å². The molecule has 0 radical (unpaired) electrons. The summed E-state index contributed by atoms with van der Waals surface area (Å²) < 4.78 is 13.0. The lowest BCUT2D eigenvalue weighted by atomic mass is 10.0. The lowest BCUT2D eigenvalue weighted by Crippen LogP contribution is -1.83. The van der Waals surface area contributed by atoms with E-state index in [1.54, 1.807) is 6.07 Å². The molecule has 15 heavy (non-hydrogen) atoms. The number of hydrogen-bond donors (Lipinski definition) is 0. The molecule has 2 aromatic carbocycles. The van der Waals surface area contributed by atoms with Gasteiger partial charge in [-0.3, -0.25) is 0 Å². The van der Waals surface area contributed by atoms with E-state index in [0.717, 1.165) is 16.7 Å². The second-order valence-electron chi connectivity index (χ2n) is 3.45. The van der Waals surface area contributed by atoms with Crippen molar-refractivity contribution in [2.24, 2.45) is 0 Å². The number of halogens is 2. The normalized spacial score (nSPS) is 10.3. The van der Waals surface area contributed by atoms with E-state index in [-0.39, 0.29) is 5.82 Å². The summed E-state index contributed by atoms with van der Waals surface area (Å²) in [7, 11) is 0. The summed E-state index contributed by atoms with van der Waals surface area (Å²) in [6.07, 6.45) is 0. The number of hydrogen-bond acceptors (Lipinski definition) is 0. The van der Waals surface area contributed by atoms with Gasteiger partial charge < -0.3 is 0 Å². The molecule has 0 atom stereocenters. The van der Waals surface area contributed by atoms with Gasteiger partial charge in [-0.05, 0) is 30.2 Å². The van der Waals surface area contributed by atoms with E-state index in [0.29, 0.717) is 5.02 Å². The van der Waals surface area contributed by atoms with E-state index in [2.05, 4.69) is 0 Å².